The van der Waals surface area contributed by atoms with E-state index in [2.05, 4.69) is 0 Å². The van der Waals surface area contributed by atoms with Crippen molar-refractivity contribution < 1.29 is 28.9 Å². The SMILES string of the molecule is CC(C)C[C@@H](C(=O)OC(C)(C)C)N1C[C@@H](O)[C@H]2OC(C)(C)O[C@H]2C1=O. The van der Waals surface area contributed by atoms with Crippen LogP contribution in [0.3, 0.4) is 0 Å². The lowest BCUT2D eigenvalue weighted by Crippen LogP contribution is -2.62. The molecule has 0 aromatic carbocycles. The Kier molecular flexibility index (Phi) is 5.52. The van der Waals surface area contributed by atoms with E-state index in [0.29, 0.717) is 6.42 Å². The first-order chi connectivity index (χ1) is 11.3. The van der Waals surface area contributed by atoms with Crippen LogP contribution >= 0.6 is 0 Å². The van der Waals surface area contributed by atoms with Gasteiger partial charge in [-0.25, -0.2) is 4.79 Å². The molecule has 2 rings (SSSR count). The van der Waals surface area contributed by atoms with Gasteiger partial charge in [-0.15, -0.1) is 0 Å². The number of rotatable bonds is 4. The smallest absolute Gasteiger partial charge is 0.329 e. The van der Waals surface area contributed by atoms with Crippen LogP contribution in [0.2, 0.25) is 0 Å². The molecule has 0 aromatic heterocycles. The number of amides is 1. The van der Waals surface area contributed by atoms with Crippen molar-refractivity contribution in [1.29, 1.82) is 0 Å². The highest BCUT2D eigenvalue weighted by molar-refractivity contribution is 5.88. The zero-order valence-electron chi connectivity index (χ0n) is 16.2. The van der Waals surface area contributed by atoms with Gasteiger partial charge in [-0.3, -0.25) is 4.79 Å². The van der Waals surface area contributed by atoms with Gasteiger partial charge in [0.15, 0.2) is 11.9 Å². The van der Waals surface area contributed by atoms with E-state index in [0.717, 1.165) is 0 Å². The largest absolute Gasteiger partial charge is 0.458 e. The lowest BCUT2D eigenvalue weighted by atomic mass is 9.95. The van der Waals surface area contributed by atoms with Gasteiger partial charge in [0, 0.05) is 0 Å². The number of carbonyl (C=O) groups excluding carboxylic acids is 2. The first-order valence-corrected chi connectivity index (χ1v) is 8.88. The van der Waals surface area contributed by atoms with Crippen molar-refractivity contribution in [1.82, 2.24) is 4.90 Å². The standard InChI is InChI=1S/C18H31NO6/c1-10(2)8-11(16(22)25-17(3,4)5)19-9-12(20)13-14(15(19)21)24-18(6,7)23-13/h10-14,20H,8-9H2,1-7H3/t11-,12+,13+,14+/m0/s1. The van der Waals surface area contributed by atoms with E-state index in [1.807, 2.05) is 13.8 Å². The summed E-state index contributed by atoms with van der Waals surface area (Å²) in [5.74, 6) is -1.56. The number of β-amino-alcohol motifs (C(OH)–C–C–N with tert-alkyl or cyclic N) is 1. The zero-order chi connectivity index (χ0) is 19.2. The molecule has 2 aliphatic rings. The van der Waals surface area contributed by atoms with Crippen molar-refractivity contribution in [2.75, 3.05) is 6.54 Å². The molecule has 7 heteroatoms. The van der Waals surface area contributed by atoms with Gasteiger partial charge in [-0.05, 0) is 47.0 Å². The van der Waals surface area contributed by atoms with Crippen LogP contribution in [-0.4, -0.2) is 64.2 Å². The van der Waals surface area contributed by atoms with Crippen LogP contribution in [0.4, 0.5) is 0 Å². The molecular formula is C18H31NO6. The van der Waals surface area contributed by atoms with Crippen LogP contribution in [0.5, 0.6) is 0 Å². The number of ether oxygens (including phenoxy) is 3. The molecule has 4 atom stereocenters. The number of piperidine rings is 1. The maximum atomic E-state index is 12.9. The van der Waals surface area contributed by atoms with Gasteiger partial charge in [0.05, 0.1) is 6.54 Å². The van der Waals surface area contributed by atoms with Crippen molar-refractivity contribution in [3.05, 3.63) is 0 Å². The highest BCUT2D eigenvalue weighted by Crippen LogP contribution is 2.35. The van der Waals surface area contributed by atoms with Crippen LogP contribution in [-0.2, 0) is 23.8 Å². The molecule has 1 N–H and O–H groups in total. The molecule has 0 aromatic rings. The fourth-order valence-corrected chi connectivity index (χ4v) is 3.27. The Bertz CT molecular complexity index is 524. The maximum absolute atomic E-state index is 12.9. The molecule has 25 heavy (non-hydrogen) atoms. The number of aliphatic hydroxyl groups is 1. The summed E-state index contributed by atoms with van der Waals surface area (Å²) in [4.78, 5) is 27.0. The quantitative estimate of drug-likeness (QED) is 0.767. The predicted molar refractivity (Wildman–Crippen MR) is 90.6 cm³/mol. The Morgan fingerprint density at radius 1 is 1.36 bits per heavy atom. The molecule has 2 fully saturated rings. The van der Waals surface area contributed by atoms with E-state index in [1.165, 1.54) is 4.90 Å². The van der Waals surface area contributed by atoms with Gasteiger partial charge in [-0.1, -0.05) is 13.8 Å². The fourth-order valence-electron chi connectivity index (χ4n) is 3.27. The molecule has 0 aliphatic carbocycles. The molecule has 2 saturated heterocycles. The predicted octanol–water partition coefficient (Wildman–Crippen LogP) is 1.47. The minimum Gasteiger partial charge on any atom is -0.458 e. The van der Waals surface area contributed by atoms with E-state index >= 15 is 0 Å². The topological polar surface area (TPSA) is 85.3 Å². The second-order valence-corrected chi connectivity index (χ2v) is 8.76. The molecule has 2 heterocycles. The van der Waals surface area contributed by atoms with Crippen LogP contribution in [0.15, 0.2) is 0 Å². The molecule has 1 amide bonds. The summed E-state index contributed by atoms with van der Waals surface area (Å²) in [5.41, 5.74) is -0.652. The summed E-state index contributed by atoms with van der Waals surface area (Å²) in [6.07, 6.45) is -2.08. The molecular weight excluding hydrogens is 326 g/mol. The summed E-state index contributed by atoms with van der Waals surface area (Å²) in [7, 11) is 0. The van der Waals surface area contributed by atoms with Gasteiger partial charge in [0.25, 0.3) is 5.91 Å². The normalized spacial score (nSPS) is 30.4. The third-order valence-electron chi connectivity index (χ3n) is 4.17. The van der Waals surface area contributed by atoms with Crippen molar-refractivity contribution >= 4 is 11.9 Å². The van der Waals surface area contributed by atoms with Crippen LogP contribution in [0, 0.1) is 5.92 Å². The van der Waals surface area contributed by atoms with E-state index in [4.69, 9.17) is 14.2 Å². The van der Waals surface area contributed by atoms with Crippen molar-refractivity contribution in [3.8, 4) is 0 Å². The fraction of sp³-hybridized carbons (Fsp3) is 0.889. The maximum Gasteiger partial charge on any atom is 0.329 e. The lowest BCUT2D eigenvalue weighted by Gasteiger charge is -2.40. The Hall–Kier alpha value is -1.18. The number of hydrogen-bond acceptors (Lipinski definition) is 6. The summed E-state index contributed by atoms with van der Waals surface area (Å²) in [6, 6.07) is -0.755. The van der Waals surface area contributed by atoms with Crippen molar-refractivity contribution in [3.63, 3.8) is 0 Å². The first kappa shape index (κ1) is 20.1. The van der Waals surface area contributed by atoms with Crippen LogP contribution in [0.25, 0.3) is 0 Å². The van der Waals surface area contributed by atoms with E-state index in [9.17, 15) is 14.7 Å². The zero-order valence-corrected chi connectivity index (χ0v) is 16.2. The number of likely N-dealkylation sites (tertiary alicyclic amines) is 1. The summed E-state index contributed by atoms with van der Waals surface area (Å²) in [5, 5.41) is 10.4. The van der Waals surface area contributed by atoms with Gasteiger partial charge in [-0.2, -0.15) is 0 Å². The van der Waals surface area contributed by atoms with E-state index in [-0.39, 0.29) is 18.4 Å². The Morgan fingerprint density at radius 3 is 2.48 bits per heavy atom. The number of carbonyl (C=O) groups is 2. The third kappa shape index (κ3) is 4.71. The number of esters is 1. The van der Waals surface area contributed by atoms with Gasteiger partial charge < -0.3 is 24.2 Å². The molecule has 144 valence electrons. The highest BCUT2D eigenvalue weighted by atomic mass is 16.8. The first-order valence-electron chi connectivity index (χ1n) is 8.88. The van der Waals surface area contributed by atoms with Gasteiger partial charge in [0.1, 0.15) is 23.9 Å². The second-order valence-electron chi connectivity index (χ2n) is 8.76. The summed E-state index contributed by atoms with van der Waals surface area (Å²) in [6.45, 7) is 12.7. The lowest BCUT2D eigenvalue weighted by molar-refractivity contribution is -0.174. The second kappa shape index (κ2) is 6.85. The van der Waals surface area contributed by atoms with E-state index < -0.39 is 41.7 Å². The molecule has 0 saturated carbocycles. The Labute approximate surface area is 149 Å². The average molecular weight is 357 g/mol. The molecule has 2 aliphatic heterocycles. The van der Waals surface area contributed by atoms with Crippen molar-refractivity contribution in [2.45, 2.75) is 90.6 Å². The number of hydrogen-bond donors (Lipinski definition) is 1. The third-order valence-corrected chi connectivity index (χ3v) is 4.17. The summed E-state index contributed by atoms with van der Waals surface area (Å²) >= 11 is 0. The Balaban J connectivity index is 2.25. The highest BCUT2D eigenvalue weighted by Gasteiger charge is 2.55. The average Bonchev–Trinajstić information content (AvgIpc) is 2.75. The van der Waals surface area contributed by atoms with E-state index in [1.54, 1.807) is 34.6 Å². The minimum atomic E-state index is -0.943. The van der Waals surface area contributed by atoms with Crippen LogP contribution in [0.1, 0.15) is 54.9 Å². The molecule has 0 unspecified atom stereocenters. The number of nitrogens with zero attached hydrogens (tertiary/aromatic N) is 1. The van der Waals surface area contributed by atoms with Gasteiger partial charge in [0.2, 0.25) is 0 Å². The van der Waals surface area contributed by atoms with Gasteiger partial charge >= 0.3 is 5.97 Å². The Morgan fingerprint density at radius 2 is 1.96 bits per heavy atom. The van der Waals surface area contributed by atoms with Crippen molar-refractivity contribution in [2.24, 2.45) is 5.92 Å². The molecule has 0 bridgehead atoms. The number of aliphatic hydroxyl groups excluding tert-OH is 1. The number of fused-ring (bicyclic) bond motifs is 1. The molecule has 7 nitrogen and oxygen atoms in total. The molecule has 0 spiro atoms. The minimum absolute atomic E-state index is 0.0239. The van der Waals surface area contributed by atoms with Crippen LogP contribution < -0.4 is 0 Å². The monoisotopic (exact) mass is 357 g/mol. The molecule has 0 radical (unpaired) electrons. The summed E-state index contributed by atoms with van der Waals surface area (Å²) < 4.78 is 16.8.